The minimum atomic E-state index is -0.165. The first-order chi connectivity index (χ1) is 11.2. The maximum atomic E-state index is 11.2. The molecule has 0 unspecified atom stereocenters. The van der Waals surface area contributed by atoms with Gasteiger partial charge in [-0.3, -0.25) is 4.79 Å². The Morgan fingerprint density at radius 2 is 1.61 bits per heavy atom. The third-order valence-electron chi connectivity index (χ3n) is 4.06. The zero-order valence-electron chi connectivity index (χ0n) is 15.4. The average molecular weight is 327 g/mol. The molecule has 0 aromatic rings. The monoisotopic (exact) mass is 326 g/mol. The smallest absolute Gasteiger partial charge is 0.302 e. The van der Waals surface area contributed by atoms with E-state index in [4.69, 9.17) is 9.84 Å². The number of aliphatic hydroxyl groups excluding tert-OH is 1. The maximum absolute atomic E-state index is 11.2. The van der Waals surface area contributed by atoms with Crippen molar-refractivity contribution in [1.29, 1.82) is 0 Å². The van der Waals surface area contributed by atoms with E-state index in [-0.39, 0.29) is 12.1 Å². The first kappa shape index (κ1) is 22.2. The molecule has 0 fully saturated rings. The highest BCUT2D eigenvalue weighted by atomic mass is 16.5. The number of ether oxygens (including phenoxy) is 1. The molecule has 0 spiro atoms. The van der Waals surface area contributed by atoms with Crippen LogP contribution in [0.4, 0.5) is 0 Å². The van der Waals surface area contributed by atoms with Gasteiger partial charge in [0, 0.05) is 20.0 Å². The lowest BCUT2D eigenvalue weighted by atomic mass is 10.1. The number of esters is 1. The molecule has 0 radical (unpaired) electrons. The van der Waals surface area contributed by atoms with Gasteiger partial charge in [-0.2, -0.15) is 0 Å². The second kappa shape index (κ2) is 17.5. The Morgan fingerprint density at radius 1 is 0.957 bits per heavy atom. The molecule has 0 bridgehead atoms. The number of allylic oxidation sites excluding steroid dienone is 1. The van der Waals surface area contributed by atoms with Gasteiger partial charge in [0.1, 0.15) is 6.10 Å². The summed E-state index contributed by atoms with van der Waals surface area (Å²) in [4.78, 5) is 11.2. The van der Waals surface area contributed by atoms with Gasteiger partial charge in [0.2, 0.25) is 0 Å². The standard InChI is InChI=1S/C20H38O3/c1-3-4-5-13-16-20(23-19(2)22)17-14-11-9-7-6-8-10-12-15-18-21/h11,14,20-21H,3-10,12-13,15-18H2,1-2H3/b14-11+/t20-/m1/s1. The van der Waals surface area contributed by atoms with E-state index in [1.807, 2.05) is 0 Å². The number of carbonyl (C=O) groups is 1. The van der Waals surface area contributed by atoms with Crippen LogP contribution < -0.4 is 0 Å². The first-order valence-electron chi connectivity index (χ1n) is 9.63. The Kier molecular flexibility index (Phi) is 16.9. The second-order valence-electron chi connectivity index (χ2n) is 6.42. The molecule has 0 aromatic carbocycles. The fraction of sp³-hybridized carbons (Fsp3) is 0.850. The summed E-state index contributed by atoms with van der Waals surface area (Å²) >= 11 is 0. The summed E-state index contributed by atoms with van der Waals surface area (Å²) in [6.07, 6.45) is 19.4. The summed E-state index contributed by atoms with van der Waals surface area (Å²) in [5, 5.41) is 8.71. The second-order valence-corrected chi connectivity index (χ2v) is 6.42. The Hall–Kier alpha value is -0.830. The molecule has 3 nitrogen and oxygen atoms in total. The fourth-order valence-corrected chi connectivity index (χ4v) is 2.71. The van der Waals surface area contributed by atoms with E-state index in [0.29, 0.717) is 6.61 Å². The van der Waals surface area contributed by atoms with Crippen molar-refractivity contribution in [2.75, 3.05) is 6.61 Å². The van der Waals surface area contributed by atoms with Crippen LogP contribution in [0.2, 0.25) is 0 Å². The van der Waals surface area contributed by atoms with Crippen molar-refractivity contribution in [1.82, 2.24) is 0 Å². The Morgan fingerprint density at radius 3 is 2.26 bits per heavy atom. The van der Waals surface area contributed by atoms with Crippen molar-refractivity contribution in [3.8, 4) is 0 Å². The maximum Gasteiger partial charge on any atom is 0.302 e. The molecule has 0 saturated heterocycles. The molecule has 0 amide bonds. The third kappa shape index (κ3) is 17.4. The largest absolute Gasteiger partial charge is 0.462 e. The highest BCUT2D eigenvalue weighted by Crippen LogP contribution is 2.13. The van der Waals surface area contributed by atoms with Crippen molar-refractivity contribution in [3.63, 3.8) is 0 Å². The number of rotatable bonds is 16. The van der Waals surface area contributed by atoms with Crippen LogP contribution in [0.5, 0.6) is 0 Å². The van der Waals surface area contributed by atoms with Crippen molar-refractivity contribution in [2.45, 2.75) is 103 Å². The van der Waals surface area contributed by atoms with E-state index in [1.165, 1.54) is 51.9 Å². The summed E-state index contributed by atoms with van der Waals surface area (Å²) < 4.78 is 5.40. The van der Waals surface area contributed by atoms with Gasteiger partial charge in [-0.15, -0.1) is 0 Å². The SMILES string of the molecule is CCCCCC[C@H](C/C=C/CCCCCCCCO)OC(C)=O. The fourth-order valence-electron chi connectivity index (χ4n) is 2.71. The molecule has 0 rings (SSSR count). The van der Waals surface area contributed by atoms with E-state index in [2.05, 4.69) is 19.1 Å². The van der Waals surface area contributed by atoms with Crippen LogP contribution in [0.25, 0.3) is 0 Å². The summed E-state index contributed by atoms with van der Waals surface area (Å²) in [5.74, 6) is -0.165. The van der Waals surface area contributed by atoms with Gasteiger partial charge in [0.05, 0.1) is 0 Å². The van der Waals surface area contributed by atoms with Crippen LogP contribution in [0, 0.1) is 0 Å². The van der Waals surface area contributed by atoms with Crippen LogP contribution in [-0.4, -0.2) is 23.8 Å². The van der Waals surface area contributed by atoms with E-state index in [1.54, 1.807) is 0 Å². The van der Waals surface area contributed by atoms with Gasteiger partial charge < -0.3 is 9.84 Å². The van der Waals surface area contributed by atoms with E-state index in [9.17, 15) is 4.79 Å². The van der Waals surface area contributed by atoms with Crippen molar-refractivity contribution in [3.05, 3.63) is 12.2 Å². The van der Waals surface area contributed by atoms with Crippen LogP contribution in [0.1, 0.15) is 97.3 Å². The predicted octanol–water partition coefficient (Wildman–Crippen LogP) is 5.56. The quantitative estimate of drug-likeness (QED) is 0.229. The highest BCUT2D eigenvalue weighted by Gasteiger charge is 2.09. The summed E-state index contributed by atoms with van der Waals surface area (Å²) in [6, 6.07) is 0. The number of carbonyl (C=O) groups excluding carboxylic acids is 1. The molecule has 136 valence electrons. The minimum absolute atomic E-state index is 0.0547. The Bertz CT molecular complexity index is 287. The van der Waals surface area contributed by atoms with Crippen molar-refractivity contribution >= 4 is 5.97 Å². The summed E-state index contributed by atoms with van der Waals surface area (Å²) in [5.41, 5.74) is 0. The highest BCUT2D eigenvalue weighted by molar-refractivity contribution is 5.66. The Balaban J connectivity index is 3.67. The molecule has 23 heavy (non-hydrogen) atoms. The van der Waals surface area contributed by atoms with Crippen LogP contribution in [0.3, 0.4) is 0 Å². The van der Waals surface area contributed by atoms with Crippen LogP contribution in [0.15, 0.2) is 12.2 Å². The molecule has 0 aliphatic heterocycles. The van der Waals surface area contributed by atoms with E-state index < -0.39 is 0 Å². The van der Waals surface area contributed by atoms with Crippen LogP contribution >= 0.6 is 0 Å². The number of hydrogen-bond donors (Lipinski definition) is 1. The molecule has 1 N–H and O–H groups in total. The van der Waals surface area contributed by atoms with Gasteiger partial charge in [-0.1, -0.05) is 64.0 Å². The molecular formula is C20H38O3. The van der Waals surface area contributed by atoms with Crippen LogP contribution in [-0.2, 0) is 9.53 Å². The summed E-state index contributed by atoms with van der Waals surface area (Å²) in [6.45, 7) is 4.03. The van der Waals surface area contributed by atoms with Gasteiger partial charge in [0.15, 0.2) is 0 Å². The molecule has 1 atom stereocenters. The van der Waals surface area contributed by atoms with Gasteiger partial charge in [-0.25, -0.2) is 0 Å². The average Bonchev–Trinajstić information content (AvgIpc) is 2.52. The lowest BCUT2D eigenvalue weighted by molar-refractivity contribution is -0.146. The molecule has 0 aliphatic rings. The zero-order chi connectivity index (χ0) is 17.2. The minimum Gasteiger partial charge on any atom is -0.462 e. The molecule has 0 saturated carbocycles. The molecule has 3 heteroatoms. The summed E-state index contributed by atoms with van der Waals surface area (Å²) in [7, 11) is 0. The van der Waals surface area contributed by atoms with E-state index >= 15 is 0 Å². The van der Waals surface area contributed by atoms with Gasteiger partial charge in [-0.05, 0) is 32.1 Å². The Labute approximate surface area is 143 Å². The third-order valence-corrected chi connectivity index (χ3v) is 4.06. The van der Waals surface area contributed by atoms with E-state index in [0.717, 1.165) is 38.5 Å². The lowest BCUT2D eigenvalue weighted by Gasteiger charge is -2.15. The number of aliphatic hydroxyl groups is 1. The molecular weight excluding hydrogens is 288 g/mol. The van der Waals surface area contributed by atoms with Crippen molar-refractivity contribution in [2.24, 2.45) is 0 Å². The normalized spacial score (nSPS) is 12.7. The zero-order valence-corrected chi connectivity index (χ0v) is 15.4. The molecule has 0 aromatic heterocycles. The lowest BCUT2D eigenvalue weighted by Crippen LogP contribution is -2.15. The molecule has 0 aliphatic carbocycles. The topological polar surface area (TPSA) is 46.5 Å². The van der Waals surface area contributed by atoms with Crippen molar-refractivity contribution < 1.29 is 14.6 Å². The number of hydrogen-bond acceptors (Lipinski definition) is 3. The predicted molar refractivity (Wildman–Crippen MR) is 97.5 cm³/mol. The van der Waals surface area contributed by atoms with Gasteiger partial charge >= 0.3 is 5.97 Å². The first-order valence-corrected chi connectivity index (χ1v) is 9.63. The number of unbranched alkanes of at least 4 members (excludes halogenated alkanes) is 9. The van der Waals surface area contributed by atoms with Gasteiger partial charge in [0.25, 0.3) is 0 Å². The molecule has 0 heterocycles.